The molecule has 0 bridgehead atoms. The van der Waals surface area contributed by atoms with Gasteiger partial charge < -0.3 is 0 Å². The van der Waals surface area contributed by atoms with Crippen molar-refractivity contribution in [2.75, 3.05) is 0 Å². The standard InChI is InChI=1S/C15H20S/c1-10(2)12-8-11-6-7-16-14(11)9-13(12)15(3,4)5/h6-10H,1-5H3. The largest absolute Gasteiger partial charge is 0.144 e. The normalized spacial score (nSPS) is 12.6. The maximum atomic E-state index is 2.38. The topological polar surface area (TPSA) is 0 Å². The predicted octanol–water partition coefficient (Wildman–Crippen LogP) is 5.32. The van der Waals surface area contributed by atoms with Crippen molar-refractivity contribution >= 4 is 21.4 Å². The molecule has 86 valence electrons. The Balaban J connectivity index is 2.72. The highest BCUT2D eigenvalue weighted by Gasteiger charge is 2.20. The van der Waals surface area contributed by atoms with Crippen LogP contribution in [0, 0.1) is 0 Å². The summed E-state index contributed by atoms with van der Waals surface area (Å²) < 4.78 is 1.41. The second kappa shape index (κ2) is 3.89. The molecule has 1 heteroatoms. The zero-order chi connectivity index (χ0) is 11.9. The van der Waals surface area contributed by atoms with Gasteiger partial charge in [-0.2, -0.15) is 0 Å². The molecular formula is C15H20S. The van der Waals surface area contributed by atoms with Crippen LogP contribution in [0.1, 0.15) is 51.7 Å². The van der Waals surface area contributed by atoms with Crippen LogP contribution in [0.5, 0.6) is 0 Å². The number of hydrogen-bond acceptors (Lipinski definition) is 1. The van der Waals surface area contributed by atoms with Crippen LogP contribution in [0.25, 0.3) is 10.1 Å². The molecule has 16 heavy (non-hydrogen) atoms. The zero-order valence-corrected chi connectivity index (χ0v) is 11.6. The Morgan fingerprint density at radius 3 is 2.38 bits per heavy atom. The molecular weight excluding hydrogens is 212 g/mol. The van der Waals surface area contributed by atoms with Crippen molar-refractivity contribution in [1.29, 1.82) is 0 Å². The summed E-state index contributed by atoms with van der Waals surface area (Å²) in [5.41, 5.74) is 3.23. The minimum atomic E-state index is 0.234. The van der Waals surface area contributed by atoms with Crippen LogP contribution in [-0.2, 0) is 5.41 Å². The Bertz CT molecular complexity index is 498. The van der Waals surface area contributed by atoms with E-state index in [1.165, 1.54) is 21.2 Å². The van der Waals surface area contributed by atoms with Crippen LogP contribution in [0.2, 0.25) is 0 Å². The average Bonchev–Trinajstić information content (AvgIpc) is 2.60. The van der Waals surface area contributed by atoms with E-state index in [1.54, 1.807) is 0 Å². The van der Waals surface area contributed by atoms with E-state index in [9.17, 15) is 0 Å². The molecule has 0 unspecified atom stereocenters. The Morgan fingerprint density at radius 1 is 1.12 bits per heavy atom. The van der Waals surface area contributed by atoms with Crippen molar-refractivity contribution in [2.24, 2.45) is 0 Å². The van der Waals surface area contributed by atoms with E-state index in [2.05, 4.69) is 58.2 Å². The third-order valence-corrected chi connectivity index (χ3v) is 3.93. The first-order valence-electron chi connectivity index (χ1n) is 5.91. The average molecular weight is 232 g/mol. The first kappa shape index (κ1) is 11.7. The highest BCUT2D eigenvalue weighted by Crippen LogP contribution is 2.35. The fourth-order valence-corrected chi connectivity index (χ4v) is 2.96. The fourth-order valence-electron chi connectivity index (χ4n) is 2.15. The van der Waals surface area contributed by atoms with E-state index in [0.717, 1.165) is 0 Å². The van der Waals surface area contributed by atoms with Crippen molar-refractivity contribution in [1.82, 2.24) is 0 Å². The summed E-state index contributed by atoms with van der Waals surface area (Å²) in [6.45, 7) is 11.5. The zero-order valence-electron chi connectivity index (χ0n) is 10.8. The summed E-state index contributed by atoms with van der Waals surface area (Å²) in [5.74, 6) is 0.596. The lowest BCUT2D eigenvalue weighted by molar-refractivity contribution is 0.578. The molecule has 0 saturated carbocycles. The molecule has 0 aliphatic rings. The van der Waals surface area contributed by atoms with Gasteiger partial charge in [0.15, 0.2) is 0 Å². The maximum Gasteiger partial charge on any atom is 0.0345 e. The molecule has 2 rings (SSSR count). The molecule has 0 radical (unpaired) electrons. The molecule has 1 aromatic carbocycles. The van der Waals surface area contributed by atoms with Crippen molar-refractivity contribution in [2.45, 2.75) is 46.0 Å². The van der Waals surface area contributed by atoms with Gasteiger partial charge in [0.05, 0.1) is 0 Å². The van der Waals surface area contributed by atoms with Gasteiger partial charge in [0.25, 0.3) is 0 Å². The van der Waals surface area contributed by atoms with E-state index >= 15 is 0 Å². The summed E-state index contributed by atoms with van der Waals surface area (Å²) in [7, 11) is 0. The summed E-state index contributed by atoms with van der Waals surface area (Å²) in [6, 6.07) is 6.98. The Labute approximate surface area is 102 Å². The summed E-state index contributed by atoms with van der Waals surface area (Å²) in [6.07, 6.45) is 0. The number of fused-ring (bicyclic) bond motifs is 1. The van der Waals surface area contributed by atoms with Gasteiger partial charge in [-0.3, -0.25) is 0 Å². The number of thiophene rings is 1. The number of benzene rings is 1. The van der Waals surface area contributed by atoms with Crippen LogP contribution in [0.4, 0.5) is 0 Å². The van der Waals surface area contributed by atoms with Crippen LogP contribution in [0.15, 0.2) is 23.6 Å². The third kappa shape index (κ3) is 2.01. The quantitative estimate of drug-likeness (QED) is 0.624. The van der Waals surface area contributed by atoms with Gasteiger partial charge in [-0.15, -0.1) is 11.3 Å². The number of hydrogen-bond donors (Lipinski definition) is 0. The molecule has 1 aromatic heterocycles. The van der Waals surface area contributed by atoms with Crippen molar-refractivity contribution in [3.05, 3.63) is 34.7 Å². The van der Waals surface area contributed by atoms with Crippen molar-refractivity contribution in [3.63, 3.8) is 0 Å². The predicted molar refractivity (Wildman–Crippen MR) is 74.6 cm³/mol. The molecule has 0 saturated heterocycles. The molecule has 0 aliphatic carbocycles. The molecule has 0 nitrogen and oxygen atoms in total. The lowest BCUT2D eigenvalue weighted by Gasteiger charge is -2.25. The van der Waals surface area contributed by atoms with E-state index in [1.807, 2.05) is 11.3 Å². The van der Waals surface area contributed by atoms with Gasteiger partial charge >= 0.3 is 0 Å². The minimum Gasteiger partial charge on any atom is -0.144 e. The van der Waals surface area contributed by atoms with Crippen LogP contribution in [-0.4, -0.2) is 0 Å². The fraction of sp³-hybridized carbons (Fsp3) is 0.467. The van der Waals surface area contributed by atoms with Crippen molar-refractivity contribution in [3.8, 4) is 0 Å². The molecule has 2 aromatic rings. The Morgan fingerprint density at radius 2 is 1.81 bits per heavy atom. The molecule has 0 atom stereocenters. The summed E-state index contributed by atoms with van der Waals surface area (Å²) in [4.78, 5) is 0. The molecule has 0 amide bonds. The highest BCUT2D eigenvalue weighted by molar-refractivity contribution is 7.17. The Hall–Kier alpha value is -0.820. The van der Waals surface area contributed by atoms with Gasteiger partial charge in [0.2, 0.25) is 0 Å². The van der Waals surface area contributed by atoms with Crippen LogP contribution in [0.3, 0.4) is 0 Å². The molecule has 0 spiro atoms. The second-order valence-electron chi connectivity index (χ2n) is 5.80. The first-order valence-corrected chi connectivity index (χ1v) is 6.79. The van der Waals surface area contributed by atoms with Gasteiger partial charge in [-0.1, -0.05) is 34.6 Å². The summed E-state index contributed by atoms with van der Waals surface area (Å²) in [5, 5.41) is 3.57. The molecule has 0 N–H and O–H groups in total. The van der Waals surface area contributed by atoms with Gasteiger partial charge in [0.1, 0.15) is 0 Å². The number of rotatable bonds is 1. The van der Waals surface area contributed by atoms with E-state index in [-0.39, 0.29) is 5.41 Å². The Kier molecular flexibility index (Phi) is 2.83. The second-order valence-corrected chi connectivity index (χ2v) is 6.75. The lowest BCUT2D eigenvalue weighted by Crippen LogP contribution is -2.14. The molecule has 1 heterocycles. The van der Waals surface area contributed by atoms with Crippen LogP contribution >= 0.6 is 11.3 Å². The first-order chi connectivity index (χ1) is 7.39. The smallest absolute Gasteiger partial charge is 0.0345 e. The van der Waals surface area contributed by atoms with Gasteiger partial charge in [0, 0.05) is 4.70 Å². The van der Waals surface area contributed by atoms with E-state index in [4.69, 9.17) is 0 Å². The lowest BCUT2D eigenvalue weighted by atomic mass is 9.80. The minimum absolute atomic E-state index is 0.234. The third-order valence-electron chi connectivity index (χ3n) is 3.05. The van der Waals surface area contributed by atoms with Crippen molar-refractivity contribution < 1.29 is 0 Å². The highest BCUT2D eigenvalue weighted by atomic mass is 32.1. The molecule has 0 aliphatic heterocycles. The van der Waals surface area contributed by atoms with E-state index < -0.39 is 0 Å². The monoisotopic (exact) mass is 232 g/mol. The summed E-state index contributed by atoms with van der Waals surface area (Å²) >= 11 is 1.84. The maximum absolute atomic E-state index is 2.38. The van der Waals surface area contributed by atoms with Crippen LogP contribution < -0.4 is 0 Å². The molecule has 0 fully saturated rings. The van der Waals surface area contributed by atoms with Gasteiger partial charge in [-0.05, 0) is 51.4 Å². The van der Waals surface area contributed by atoms with E-state index in [0.29, 0.717) is 5.92 Å². The van der Waals surface area contributed by atoms with Gasteiger partial charge in [-0.25, -0.2) is 0 Å². The SMILES string of the molecule is CC(C)c1cc2ccsc2cc1C(C)(C)C.